The molecule has 3 rings (SSSR count). The first-order valence-electron chi connectivity index (χ1n) is 10.9. The molecule has 0 atom stereocenters. The average Bonchev–Trinajstić information content (AvgIpc) is 2.89. The Balaban J connectivity index is 2.01. The van der Waals surface area contributed by atoms with Crippen LogP contribution in [0, 0.1) is 0 Å². The van der Waals surface area contributed by atoms with Crippen LogP contribution >= 0.6 is 0 Å². The summed E-state index contributed by atoms with van der Waals surface area (Å²) in [6, 6.07) is 25.8. The third kappa shape index (κ3) is 6.29. The van der Waals surface area contributed by atoms with Gasteiger partial charge in [0.1, 0.15) is 0 Å². The van der Waals surface area contributed by atoms with Crippen molar-refractivity contribution in [3.05, 3.63) is 89.5 Å². The van der Waals surface area contributed by atoms with E-state index in [1.807, 2.05) is 0 Å². The van der Waals surface area contributed by atoms with Gasteiger partial charge >= 0.3 is 211 Å². The Bertz CT molecular complexity index is 847. The van der Waals surface area contributed by atoms with Gasteiger partial charge in [-0.3, -0.25) is 0 Å². The van der Waals surface area contributed by atoms with Gasteiger partial charge in [0.25, 0.3) is 0 Å². The SMILES string of the molecule is COC(OC)c1cc[c]([Bi]([c]2ccc(C(OC)OC)cc2)[c]2ccc(C(OC)OC)cc2)cc1. The second-order valence-electron chi connectivity index (χ2n) is 7.52. The van der Waals surface area contributed by atoms with E-state index in [4.69, 9.17) is 28.4 Å². The first kappa shape index (κ1) is 26.9. The fourth-order valence-corrected chi connectivity index (χ4v) is 12.6. The molecule has 0 aliphatic heterocycles. The van der Waals surface area contributed by atoms with Gasteiger partial charge in [0, 0.05) is 0 Å². The summed E-state index contributed by atoms with van der Waals surface area (Å²) in [7, 11) is 9.88. The third-order valence-corrected chi connectivity index (χ3v) is 15.1. The summed E-state index contributed by atoms with van der Waals surface area (Å²) in [6.07, 6.45) is -1.12. The fraction of sp³-hybridized carbons (Fsp3) is 0.333. The number of rotatable bonds is 12. The molecule has 0 saturated carbocycles. The van der Waals surface area contributed by atoms with Crippen molar-refractivity contribution in [1.82, 2.24) is 0 Å². The first-order chi connectivity index (χ1) is 16.6. The molecule has 0 aliphatic rings. The Kier molecular flexibility index (Phi) is 10.6. The normalized spacial score (nSPS) is 11.8. The molecule has 0 aromatic heterocycles. The van der Waals surface area contributed by atoms with Gasteiger partial charge in [-0.15, -0.1) is 0 Å². The number of benzene rings is 3. The van der Waals surface area contributed by atoms with Crippen LogP contribution in [0.4, 0.5) is 0 Å². The molecule has 0 amide bonds. The first-order valence-corrected chi connectivity index (χ1v) is 16.1. The van der Waals surface area contributed by atoms with Crippen LogP contribution in [0.15, 0.2) is 72.8 Å². The summed E-state index contributed by atoms with van der Waals surface area (Å²) in [5.41, 5.74) is 2.98. The van der Waals surface area contributed by atoms with Gasteiger partial charge < -0.3 is 0 Å². The fourth-order valence-electron chi connectivity index (χ4n) is 3.89. The van der Waals surface area contributed by atoms with Gasteiger partial charge in [0.15, 0.2) is 0 Å². The molecule has 0 heterocycles. The maximum absolute atomic E-state index is 5.42. The molecule has 0 saturated heterocycles. The van der Waals surface area contributed by atoms with E-state index in [0.717, 1.165) is 16.7 Å². The molecule has 0 radical (unpaired) electrons. The zero-order valence-electron chi connectivity index (χ0n) is 20.6. The van der Waals surface area contributed by atoms with Crippen molar-refractivity contribution in [2.75, 3.05) is 42.7 Å². The topological polar surface area (TPSA) is 55.4 Å². The second-order valence-corrected chi connectivity index (χ2v) is 16.2. The minimum absolute atomic E-state index is 0.374. The van der Waals surface area contributed by atoms with Crippen LogP contribution in [0.5, 0.6) is 0 Å². The van der Waals surface area contributed by atoms with E-state index >= 15 is 0 Å². The second kappa shape index (κ2) is 13.4. The Morgan fingerprint density at radius 1 is 0.382 bits per heavy atom. The van der Waals surface area contributed by atoms with E-state index < -0.39 is 21.8 Å². The molecule has 0 unspecified atom stereocenters. The minimum atomic E-state index is -2.60. The molecular weight excluding hydrogens is 629 g/mol. The van der Waals surface area contributed by atoms with Crippen LogP contribution in [0.3, 0.4) is 0 Å². The Labute approximate surface area is 210 Å². The molecule has 34 heavy (non-hydrogen) atoms. The molecule has 182 valence electrons. The summed E-state index contributed by atoms with van der Waals surface area (Å²) in [5, 5.41) is 0. The van der Waals surface area contributed by atoms with Crippen LogP contribution in [0.25, 0.3) is 0 Å². The van der Waals surface area contributed by atoms with Crippen LogP contribution in [-0.2, 0) is 28.4 Å². The van der Waals surface area contributed by atoms with E-state index in [1.165, 1.54) is 9.81 Å². The van der Waals surface area contributed by atoms with Crippen molar-refractivity contribution in [3.8, 4) is 0 Å². The molecule has 7 heteroatoms. The number of hydrogen-bond acceptors (Lipinski definition) is 6. The molecule has 3 aromatic rings. The summed E-state index contributed by atoms with van der Waals surface area (Å²) in [4.78, 5) is 0. The quantitative estimate of drug-likeness (QED) is 0.220. The van der Waals surface area contributed by atoms with Gasteiger partial charge in [0.2, 0.25) is 0 Å². The van der Waals surface area contributed by atoms with Gasteiger partial charge in [0.05, 0.1) is 0 Å². The average molecular weight is 663 g/mol. The summed E-state index contributed by atoms with van der Waals surface area (Å²) >= 11 is -2.60. The van der Waals surface area contributed by atoms with Crippen molar-refractivity contribution >= 4 is 31.6 Å². The van der Waals surface area contributed by atoms with Crippen molar-refractivity contribution in [2.45, 2.75) is 18.9 Å². The maximum atomic E-state index is 5.42. The van der Waals surface area contributed by atoms with E-state index in [2.05, 4.69) is 72.8 Å². The van der Waals surface area contributed by atoms with E-state index in [1.54, 1.807) is 42.7 Å². The predicted octanol–water partition coefficient (Wildman–Crippen LogP) is 3.08. The zero-order chi connectivity index (χ0) is 24.5. The van der Waals surface area contributed by atoms with E-state index in [9.17, 15) is 0 Å². The number of methoxy groups -OCH3 is 6. The van der Waals surface area contributed by atoms with Crippen LogP contribution in [-0.4, -0.2) is 64.4 Å². The predicted molar refractivity (Wildman–Crippen MR) is 134 cm³/mol. The van der Waals surface area contributed by atoms with Crippen molar-refractivity contribution in [1.29, 1.82) is 0 Å². The number of hydrogen-bond donors (Lipinski definition) is 0. The molecule has 6 nitrogen and oxygen atoms in total. The van der Waals surface area contributed by atoms with Crippen molar-refractivity contribution < 1.29 is 28.4 Å². The Hall–Kier alpha value is -1.70. The van der Waals surface area contributed by atoms with Crippen molar-refractivity contribution in [2.24, 2.45) is 0 Å². The van der Waals surface area contributed by atoms with Crippen LogP contribution < -0.4 is 9.81 Å². The zero-order valence-corrected chi connectivity index (χ0v) is 24.0. The molecular formula is C27H33BiO6. The molecule has 0 aliphatic carbocycles. The standard InChI is InChI=1S/3C9H11O2.Bi/c3*1-10-9(11-2)8-6-4-3-5-7-8;/h3*4-7,9H,1-2H3;. The van der Waals surface area contributed by atoms with Crippen LogP contribution in [0.2, 0.25) is 0 Å². The molecule has 0 N–H and O–H groups in total. The third-order valence-electron chi connectivity index (χ3n) is 5.55. The van der Waals surface area contributed by atoms with Gasteiger partial charge in [-0.05, 0) is 0 Å². The summed E-state index contributed by atoms with van der Waals surface area (Å²) < 4.78 is 36.6. The van der Waals surface area contributed by atoms with E-state index in [0.29, 0.717) is 0 Å². The molecule has 0 bridgehead atoms. The number of ether oxygens (including phenoxy) is 6. The van der Waals surface area contributed by atoms with Gasteiger partial charge in [-0.1, -0.05) is 0 Å². The van der Waals surface area contributed by atoms with Gasteiger partial charge in [-0.2, -0.15) is 0 Å². The van der Waals surface area contributed by atoms with Crippen molar-refractivity contribution in [3.63, 3.8) is 0 Å². The summed E-state index contributed by atoms with van der Waals surface area (Å²) in [6.45, 7) is 0. The monoisotopic (exact) mass is 662 g/mol. The molecule has 0 spiro atoms. The van der Waals surface area contributed by atoms with Gasteiger partial charge in [-0.25, -0.2) is 0 Å². The Morgan fingerprint density at radius 3 is 0.765 bits per heavy atom. The van der Waals surface area contributed by atoms with Crippen LogP contribution in [0.1, 0.15) is 35.6 Å². The molecule has 3 aromatic carbocycles. The molecule has 0 fully saturated rings. The van der Waals surface area contributed by atoms with E-state index in [-0.39, 0.29) is 18.9 Å². The Morgan fingerprint density at radius 2 is 0.588 bits per heavy atom. The summed E-state index contributed by atoms with van der Waals surface area (Å²) in [5.74, 6) is 0.